The molecule has 1 unspecified atom stereocenters. The van der Waals surface area contributed by atoms with E-state index in [9.17, 15) is 9.59 Å². The van der Waals surface area contributed by atoms with Gasteiger partial charge in [0.15, 0.2) is 0 Å². The molecule has 0 aliphatic rings. The van der Waals surface area contributed by atoms with Gasteiger partial charge in [0.1, 0.15) is 6.04 Å². The first-order valence-corrected chi connectivity index (χ1v) is 5.11. The van der Waals surface area contributed by atoms with E-state index in [2.05, 4.69) is 21.3 Å². The van der Waals surface area contributed by atoms with Crippen LogP contribution in [0.3, 0.4) is 0 Å². The maximum Gasteiger partial charge on any atom is 0.329 e. The number of amides is 1. The van der Waals surface area contributed by atoms with Gasteiger partial charge in [0.25, 0.3) is 0 Å². The fourth-order valence-corrected chi connectivity index (χ4v) is 1.14. The van der Waals surface area contributed by atoms with Crippen molar-refractivity contribution in [2.75, 3.05) is 20.2 Å². The quantitative estimate of drug-likeness (QED) is 0.354. The first-order valence-electron chi connectivity index (χ1n) is 5.11. The van der Waals surface area contributed by atoms with Crippen LogP contribution in [-0.2, 0) is 14.3 Å². The lowest BCUT2D eigenvalue weighted by Crippen LogP contribution is -2.47. The summed E-state index contributed by atoms with van der Waals surface area (Å²) in [5, 5.41) is 5.53. The van der Waals surface area contributed by atoms with E-state index in [0.717, 1.165) is 6.42 Å². The fraction of sp³-hybridized carbons (Fsp3) is 0.636. The molecule has 0 aromatic carbocycles. The molecule has 0 bridgehead atoms. The number of hydrogen-bond donors (Lipinski definition) is 2. The van der Waals surface area contributed by atoms with Crippen LogP contribution in [0.5, 0.6) is 0 Å². The second kappa shape index (κ2) is 8.74. The van der Waals surface area contributed by atoms with Gasteiger partial charge >= 0.3 is 5.97 Å². The predicted octanol–water partition coefficient (Wildman–Crippen LogP) is -0.333. The molecule has 0 saturated heterocycles. The lowest BCUT2D eigenvalue weighted by molar-refractivity contribution is -0.144. The minimum absolute atomic E-state index is 0.263. The van der Waals surface area contributed by atoms with Crippen LogP contribution in [-0.4, -0.2) is 38.1 Å². The molecule has 16 heavy (non-hydrogen) atoms. The van der Waals surface area contributed by atoms with Gasteiger partial charge in [-0.1, -0.05) is 0 Å². The van der Waals surface area contributed by atoms with Crippen LogP contribution < -0.4 is 10.6 Å². The summed E-state index contributed by atoms with van der Waals surface area (Å²) in [6, 6.07) is -0.645. The van der Waals surface area contributed by atoms with Crippen molar-refractivity contribution < 1.29 is 14.3 Å². The number of hydrogen-bond acceptors (Lipinski definition) is 4. The Morgan fingerprint density at radius 1 is 1.50 bits per heavy atom. The number of esters is 1. The normalized spacial score (nSPS) is 11.3. The van der Waals surface area contributed by atoms with E-state index in [1.165, 1.54) is 14.0 Å². The zero-order chi connectivity index (χ0) is 12.4. The Bertz CT molecular complexity index is 271. The average molecular weight is 226 g/mol. The lowest BCUT2D eigenvalue weighted by atomic mass is 10.2. The van der Waals surface area contributed by atoms with E-state index < -0.39 is 12.0 Å². The molecule has 1 amide bonds. The highest BCUT2D eigenvalue weighted by molar-refractivity contribution is 5.83. The zero-order valence-electron chi connectivity index (χ0n) is 9.71. The monoisotopic (exact) mass is 226 g/mol. The fourth-order valence-electron chi connectivity index (χ4n) is 1.14. The molecular formula is C11H18N2O3. The first kappa shape index (κ1) is 14.5. The summed E-state index contributed by atoms with van der Waals surface area (Å²) < 4.78 is 4.57. The van der Waals surface area contributed by atoms with Gasteiger partial charge in [0.05, 0.1) is 7.11 Å². The summed E-state index contributed by atoms with van der Waals surface area (Å²) in [5.41, 5.74) is 0. The molecule has 0 aromatic rings. The van der Waals surface area contributed by atoms with Gasteiger partial charge in [0, 0.05) is 19.9 Å². The van der Waals surface area contributed by atoms with Gasteiger partial charge in [-0.3, -0.25) is 4.79 Å². The molecule has 0 rings (SSSR count). The van der Waals surface area contributed by atoms with Crippen molar-refractivity contribution in [2.24, 2.45) is 0 Å². The number of carbonyl (C=O) groups is 2. The van der Waals surface area contributed by atoms with Gasteiger partial charge < -0.3 is 15.4 Å². The molecule has 0 aliphatic heterocycles. The van der Waals surface area contributed by atoms with E-state index in [-0.39, 0.29) is 5.91 Å². The van der Waals surface area contributed by atoms with Crippen LogP contribution in [0.2, 0.25) is 0 Å². The molecule has 90 valence electrons. The van der Waals surface area contributed by atoms with Crippen molar-refractivity contribution >= 4 is 11.9 Å². The number of unbranched alkanes of at least 4 members (excludes halogenated alkanes) is 1. The van der Waals surface area contributed by atoms with Crippen molar-refractivity contribution in [2.45, 2.75) is 25.8 Å². The van der Waals surface area contributed by atoms with Crippen LogP contribution in [0, 0.1) is 12.3 Å². The number of nitrogens with one attached hydrogen (secondary N) is 2. The van der Waals surface area contributed by atoms with Gasteiger partial charge in [-0.15, -0.1) is 12.3 Å². The highest BCUT2D eigenvalue weighted by Crippen LogP contribution is 1.88. The third kappa shape index (κ3) is 6.85. The van der Waals surface area contributed by atoms with E-state index in [4.69, 9.17) is 6.42 Å². The third-order valence-electron chi connectivity index (χ3n) is 1.89. The van der Waals surface area contributed by atoms with E-state index in [0.29, 0.717) is 19.5 Å². The van der Waals surface area contributed by atoms with Crippen molar-refractivity contribution in [3.63, 3.8) is 0 Å². The summed E-state index contributed by atoms with van der Waals surface area (Å²) in [6.07, 6.45) is 6.63. The second-order valence-electron chi connectivity index (χ2n) is 3.29. The highest BCUT2D eigenvalue weighted by atomic mass is 16.5. The van der Waals surface area contributed by atoms with Gasteiger partial charge in [-0.05, 0) is 13.0 Å². The molecule has 0 saturated carbocycles. The Kier molecular flexibility index (Phi) is 7.90. The Morgan fingerprint density at radius 3 is 2.69 bits per heavy atom. The Morgan fingerprint density at radius 2 is 2.19 bits per heavy atom. The van der Waals surface area contributed by atoms with Crippen LogP contribution in [0.1, 0.15) is 19.8 Å². The van der Waals surface area contributed by atoms with Crippen molar-refractivity contribution in [3.8, 4) is 12.3 Å². The summed E-state index contributed by atoms with van der Waals surface area (Å²) >= 11 is 0. The summed E-state index contributed by atoms with van der Waals surface area (Å²) in [7, 11) is 1.29. The first-order chi connectivity index (χ1) is 7.61. The van der Waals surface area contributed by atoms with E-state index >= 15 is 0 Å². The van der Waals surface area contributed by atoms with Crippen LogP contribution >= 0.6 is 0 Å². The molecule has 0 fully saturated rings. The van der Waals surface area contributed by atoms with Crippen LogP contribution in [0.25, 0.3) is 0 Å². The largest absolute Gasteiger partial charge is 0.467 e. The van der Waals surface area contributed by atoms with Crippen molar-refractivity contribution in [1.82, 2.24) is 10.6 Å². The molecule has 1 atom stereocenters. The zero-order valence-corrected chi connectivity index (χ0v) is 9.71. The molecule has 2 N–H and O–H groups in total. The lowest BCUT2D eigenvalue weighted by Gasteiger charge is -2.15. The number of methoxy groups -OCH3 is 1. The third-order valence-corrected chi connectivity index (χ3v) is 1.89. The maximum absolute atomic E-state index is 11.3. The summed E-state index contributed by atoms with van der Waals surface area (Å²) in [4.78, 5) is 22.1. The Balaban J connectivity index is 3.88. The number of rotatable bonds is 7. The average Bonchev–Trinajstić information content (AvgIpc) is 2.25. The van der Waals surface area contributed by atoms with Gasteiger partial charge in [0.2, 0.25) is 5.91 Å². The minimum Gasteiger partial charge on any atom is -0.467 e. The molecule has 5 nitrogen and oxygen atoms in total. The Hall–Kier alpha value is -1.54. The van der Waals surface area contributed by atoms with Gasteiger partial charge in [-0.25, -0.2) is 4.79 Å². The number of ether oxygens (including phenoxy) is 1. The molecule has 0 heterocycles. The van der Waals surface area contributed by atoms with Crippen LogP contribution in [0.15, 0.2) is 0 Å². The number of terminal acetylenes is 1. The predicted molar refractivity (Wildman–Crippen MR) is 60.6 cm³/mol. The summed E-state index contributed by atoms with van der Waals surface area (Å²) in [6.45, 7) is 2.41. The highest BCUT2D eigenvalue weighted by Gasteiger charge is 2.18. The van der Waals surface area contributed by atoms with Crippen LogP contribution in [0.4, 0.5) is 0 Å². The van der Waals surface area contributed by atoms with Crippen molar-refractivity contribution in [1.29, 1.82) is 0 Å². The topological polar surface area (TPSA) is 67.4 Å². The molecule has 0 aliphatic carbocycles. The maximum atomic E-state index is 11.3. The second-order valence-corrected chi connectivity index (χ2v) is 3.29. The molecule has 0 spiro atoms. The molecule has 5 heteroatoms. The SMILES string of the molecule is C#CCCCNCC(NC(C)=O)C(=O)OC. The standard InChI is InChI=1S/C11H18N2O3/c1-4-5-6-7-12-8-10(11(15)16-3)13-9(2)14/h1,10,12H,5-8H2,2-3H3,(H,13,14). The number of carbonyl (C=O) groups excluding carboxylic acids is 2. The van der Waals surface area contributed by atoms with Crippen molar-refractivity contribution in [3.05, 3.63) is 0 Å². The van der Waals surface area contributed by atoms with E-state index in [1.54, 1.807) is 0 Å². The molecular weight excluding hydrogens is 208 g/mol. The summed E-state index contributed by atoms with van der Waals surface area (Å²) in [5.74, 6) is 1.80. The molecule has 0 aromatic heterocycles. The smallest absolute Gasteiger partial charge is 0.329 e. The van der Waals surface area contributed by atoms with Gasteiger partial charge in [-0.2, -0.15) is 0 Å². The Labute approximate surface area is 95.9 Å². The van der Waals surface area contributed by atoms with E-state index in [1.807, 2.05) is 0 Å². The molecule has 0 radical (unpaired) electrons. The minimum atomic E-state index is -0.645.